The van der Waals surface area contributed by atoms with Crippen molar-refractivity contribution in [1.82, 2.24) is 15.0 Å². The minimum Gasteiger partial charge on any atom is -0.330 e. The van der Waals surface area contributed by atoms with Gasteiger partial charge in [-0.1, -0.05) is 5.21 Å². The van der Waals surface area contributed by atoms with Crippen molar-refractivity contribution >= 4 is 0 Å². The number of aromatic nitrogens is 3. The fourth-order valence-corrected chi connectivity index (χ4v) is 0.887. The van der Waals surface area contributed by atoms with Gasteiger partial charge < -0.3 is 5.73 Å². The minimum atomic E-state index is 0.660. The standard InChI is InChI=1S/C6H12N4/c1-2-10-6(3-4-7)5-8-9-10/h5H,2-4,7H2,1H3. The van der Waals surface area contributed by atoms with E-state index in [2.05, 4.69) is 10.3 Å². The number of nitrogens with zero attached hydrogens (tertiary/aromatic N) is 3. The predicted molar refractivity (Wildman–Crippen MR) is 38.5 cm³/mol. The van der Waals surface area contributed by atoms with Gasteiger partial charge in [-0.05, 0) is 13.5 Å². The highest BCUT2D eigenvalue weighted by atomic mass is 15.4. The Morgan fingerprint density at radius 3 is 3.10 bits per heavy atom. The van der Waals surface area contributed by atoms with Crippen molar-refractivity contribution in [2.45, 2.75) is 19.9 Å². The molecule has 1 heterocycles. The molecule has 2 N–H and O–H groups in total. The molecule has 1 aromatic rings. The SMILES string of the molecule is CCn1nncc1CCN. The highest BCUT2D eigenvalue weighted by molar-refractivity contribution is 4.93. The lowest BCUT2D eigenvalue weighted by molar-refractivity contribution is 0.597. The summed E-state index contributed by atoms with van der Waals surface area (Å²) in [7, 11) is 0. The molecule has 4 heteroatoms. The molecule has 0 saturated heterocycles. The van der Waals surface area contributed by atoms with Crippen LogP contribution < -0.4 is 5.73 Å². The summed E-state index contributed by atoms with van der Waals surface area (Å²) in [5, 5.41) is 7.63. The maximum atomic E-state index is 5.37. The van der Waals surface area contributed by atoms with Crippen molar-refractivity contribution in [1.29, 1.82) is 0 Å². The summed E-state index contributed by atoms with van der Waals surface area (Å²) in [4.78, 5) is 0. The largest absolute Gasteiger partial charge is 0.330 e. The quantitative estimate of drug-likeness (QED) is 0.632. The van der Waals surface area contributed by atoms with Gasteiger partial charge in [0.25, 0.3) is 0 Å². The summed E-state index contributed by atoms with van der Waals surface area (Å²) in [6.07, 6.45) is 2.62. The molecule has 56 valence electrons. The molecular formula is C6H12N4. The lowest BCUT2D eigenvalue weighted by Crippen LogP contribution is -2.08. The molecule has 0 aliphatic carbocycles. The molecule has 4 nitrogen and oxygen atoms in total. The van der Waals surface area contributed by atoms with Crippen LogP contribution in [0.25, 0.3) is 0 Å². The normalized spacial score (nSPS) is 10.2. The molecule has 0 radical (unpaired) electrons. The molecule has 1 rings (SSSR count). The Morgan fingerprint density at radius 1 is 1.70 bits per heavy atom. The molecule has 10 heavy (non-hydrogen) atoms. The number of rotatable bonds is 3. The van der Waals surface area contributed by atoms with Crippen molar-refractivity contribution in [3.05, 3.63) is 11.9 Å². The molecule has 0 aromatic carbocycles. The van der Waals surface area contributed by atoms with E-state index >= 15 is 0 Å². The molecule has 0 atom stereocenters. The maximum Gasteiger partial charge on any atom is 0.0725 e. The second kappa shape index (κ2) is 3.31. The first kappa shape index (κ1) is 7.21. The first-order valence-corrected chi connectivity index (χ1v) is 3.46. The Bertz CT molecular complexity index is 193. The number of hydrogen-bond acceptors (Lipinski definition) is 3. The van der Waals surface area contributed by atoms with Gasteiger partial charge in [0.15, 0.2) is 0 Å². The van der Waals surface area contributed by atoms with Crippen LogP contribution in [-0.4, -0.2) is 21.5 Å². The molecule has 1 aromatic heterocycles. The Hall–Kier alpha value is -0.900. The zero-order valence-corrected chi connectivity index (χ0v) is 6.12. The average molecular weight is 140 g/mol. The Balaban J connectivity index is 2.70. The van der Waals surface area contributed by atoms with E-state index in [0.717, 1.165) is 18.7 Å². The first-order valence-electron chi connectivity index (χ1n) is 3.46. The van der Waals surface area contributed by atoms with Crippen LogP contribution in [0.5, 0.6) is 0 Å². The summed E-state index contributed by atoms with van der Waals surface area (Å²) in [5.74, 6) is 0. The van der Waals surface area contributed by atoms with E-state index in [1.54, 1.807) is 6.20 Å². The summed E-state index contributed by atoms with van der Waals surface area (Å²) < 4.78 is 1.85. The summed E-state index contributed by atoms with van der Waals surface area (Å²) in [5.41, 5.74) is 6.49. The van der Waals surface area contributed by atoms with Crippen molar-refractivity contribution < 1.29 is 0 Å². The third-order valence-electron chi connectivity index (χ3n) is 1.40. The highest BCUT2D eigenvalue weighted by Gasteiger charge is 1.98. The topological polar surface area (TPSA) is 56.7 Å². The van der Waals surface area contributed by atoms with Crippen molar-refractivity contribution in [2.75, 3.05) is 6.54 Å². The van der Waals surface area contributed by atoms with E-state index in [0.29, 0.717) is 6.54 Å². The lowest BCUT2D eigenvalue weighted by atomic mass is 10.3. The van der Waals surface area contributed by atoms with Crippen molar-refractivity contribution in [3.63, 3.8) is 0 Å². The Kier molecular flexibility index (Phi) is 2.39. The second-order valence-electron chi connectivity index (χ2n) is 2.08. The lowest BCUT2D eigenvalue weighted by Gasteiger charge is -1.98. The van der Waals surface area contributed by atoms with Gasteiger partial charge in [0.1, 0.15) is 0 Å². The highest BCUT2D eigenvalue weighted by Crippen LogP contribution is 1.94. The van der Waals surface area contributed by atoms with Gasteiger partial charge in [-0.3, -0.25) is 0 Å². The zero-order valence-electron chi connectivity index (χ0n) is 6.12. The Labute approximate surface area is 60.0 Å². The average Bonchev–Trinajstić information content (AvgIpc) is 2.36. The molecule has 0 saturated carbocycles. The van der Waals surface area contributed by atoms with Crippen LogP contribution in [-0.2, 0) is 13.0 Å². The van der Waals surface area contributed by atoms with E-state index in [1.807, 2.05) is 11.6 Å². The summed E-state index contributed by atoms with van der Waals surface area (Å²) >= 11 is 0. The van der Waals surface area contributed by atoms with Crippen LogP contribution in [0.15, 0.2) is 6.20 Å². The zero-order chi connectivity index (χ0) is 7.40. The smallest absolute Gasteiger partial charge is 0.0725 e. The fraction of sp³-hybridized carbons (Fsp3) is 0.667. The van der Waals surface area contributed by atoms with Gasteiger partial charge in [0.05, 0.1) is 11.9 Å². The Morgan fingerprint density at radius 2 is 2.50 bits per heavy atom. The number of nitrogens with two attached hydrogens (primary N) is 1. The van der Waals surface area contributed by atoms with Crippen LogP contribution in [0.4, 0.5) is 0 Å². The molecule has 0 aliphatic rings. The summed E-state index contributed by atoms with van der Waals surface area (Å²) in [6, 6.07) is 0. The van der Waals surface area contributed by atoms with E-state index in [9.17, 15) is 0 Å². The first-order chi connectivity index (χ1) is 4.88. The minimum absolute atomic E-state index is 0.660. The van der Waals surface area contributed by atoms with E-state index in [1.165, 1.54) is 0 Å². The van der Waals surface area contributed by atoms with Crippen molar-refractivity contribution in [2.24, 2.45) is 5.73 Å². The monoisotopic (exact) mass is 140 g/mol. The van der Waals surface area contributed by atoms with Gasteiger partial charge in [-0.2, -0.15) is 0 Å². The van der Waals surface area contributed by atoms with Gasteiger partial charge >= 0.3 is 0 Å². The van der Waals surface area contributed by atoms with Crippen LogP contribution in [0, 0.1) is 0 Å². The van der Waals surface area contributed by atoms with Gasteiger partial charge in [0, 0.05) is 13.0 Å². The molecule has 0 amide bonds. The van der Waals surface area contributed by atoms with Crippen LogP contribution in [0.3, 0.4) is 0 Å². The van der Waals surface area contributed by atoms with E-state index in [4.69, 9.17) is 5.73 Å². The molecule has 0 spiro atoms. The third-order valence-corrected chi connectivity index (χ3v) is 1.40. The molecular weight excluding hydrogens is 128 g/mol. The van der Waals surface area contributed by atoms with Crippen LogP contribution in [0.2, 0.25) is 0 Å². The second-order valence-corrected chi connectivity index (χ2v) is 2.08. The van der Waals surface area contributed by atoms with Crippen LogP contribution in [0.1, 0.15) is 12.6 Å². The third kappa shape index (κ3) is 1.33. The van der Waals surface area contributed by atoms with Crippen molar-refractivity contribution in [3.8, 4) is 0 Å². The fourth-order valence-electron chi connectivity index (χ4n) is 0.887. The maximum absolute atomic E-state index is 5.37. The van der Waals surface area contributed by atoms with E-state index in [-0.39, 0.29) is 0 Å². The summed E-state index contributed by atoms with van der Waals surface area (Å²) in [6.45, 7) is 3.57. The van der Waals surface area contributed by atoms with Crippen LogP contribution >= 0.6 is 0 Å². The van der Waals surface area contributed by atoms with Gasteiger partial charge in [-0.25, -0.2) is 4.68 Å². The van der Waals surface area contributed by atoms with Gasteiger partial charge in [-0.15, -0.1) is 5.10 Å². The molecule has 0 aliphatic heterocycles. The predicted octanol–water partition coefficient (Wildman–Crippen LogP) is -0.201. The van der Waals surface area contributed by atoms with Gasteiger partial charge in [0.2, 0.25) is 0 Å². The molecule has 0 fully saturated rings. The number of hydrogen-bond donors (Lipinski definition) is 1. The molecule has 0 unspecified atom stereocenters. The van der Waals surface area contributed by atoms with E-state index < -0.39 is 0 Å². The number of aryl methyl sites for hydroxylation is 1. The molecule has 0 bridgehead atoms.